The predicted molar refractivity (Wildman–Crippen MR) is 128 cm³/mol. The topological polar surface area (TPSA) is 119 Å². The summed E-state index contributed by atoms with van der Waals surface area (Å²) in [6.07, 6.45) is 0. The number of carbonyl (C=O) groups is 5. The Morgan fingerprint density at radius 3 is 2.23 bits per heavy atom. The van der Waals surface area contributed by atoms with Crippen molar-refractivity contribution in [3.05, 3.63) is 98.6 Å². The zero-order valence-electron chi connectivity index (χ0n) is 18.7. The first-order valence-corrected chi connectivity index (χ1v) is 10.9. The maximum absolute atomic E-state index is 12.9. The van der Waals surface area contributed by atoms with Gasteiger partial charge in [0.2, 0.25) is 0 Å². The van der Waals surface area contributed by atoms with E-state index in [1.165, 1.54) is 18.2 Å². The van der Waals surface area contributed by atoms with Crippen molar-refractivity contribution >= 4 is 46.8 Å². The summed E-state index contributed by atoms with van der Waals surface area (Å²) >= 11 is 6.32. The number of rotatable bonds is 4. The van der Waals surface area contributed by atoms with Crippen LogP contribution in [0.1, 0.15) is 53.3 Å². The smallest absolute Gasteiger partial charge is 0.340 e. The molecule has 0 aliphatic heterocycles. The minimum absolute atomic E-state index is 0.0796. The highest BCUT2D eigenvalue weighted by Crippen LogP contribution is 2.34. The molecule has 0 saturated heterocycles. The Hall–Kier alpha value is -4.30. The first-order chi connectivity index (χ1) is 16.7. The summed E-state index contributed by atoms with van der Waals surface area (Å²) in [6, 6.07) is 13.4. The number of halogens is 1. The highest BCUT2D eigenvalue weighted by Gasteiger charge is 2.33. The molecule has 1 aliphatic rings. The van der Waals surface area contributed by atoms with Gasteiger partial charge in [-0.2, -0.15) is 0 Å². The molecular formula is C26H19ClN2O6. The fourth-order valence-electron chi connectivity index (χ4n) is 3.66. The van der Waals surface area contributed by atoms with Crippen molar-refractivity contribution in [3.8, 4) is 0 Å². The van der Waals surface area contributed by atoms with Gasteiger partial charge in [-0.3, -0.25) is 19.7 Å². The number of urea groups is 1. The molecule has 0 radical (unpaired) electrons. The standard InChI is InChI=1S/C26H19ClN2O6/c1-13-7-8-15(11-14(13)2)28-26(34)29-20(30)12-35-25(33)19-10-9-18-21(22(19)27)24(32)17-6-4-3-5-16(17)23(18)31/h3-11H,12H2,1-2H3,(H2,28,29,30,34). The molecule has 0 fully saturated rings. The average Bonchev–Trinajstić information content (AvgIpc) is 2.83. The molecule has 0 heterocycles. The molecule has 0 unspecified atom stereocenters. The highest BCUT2D eigenvalue weighted by atomic mass is 35.5. The number of nitrogens with one attached hydrogen (secondary N) is 2. The van der Waals surface area contributed by atoms with Gasteiger partial charge >= 0.3 is 12.0 Å². The van der Waals surface area contributed by atoms with Crippen molar-refractivity contribution in [2.24, 2.45) is 0 Å². The van der Waals surface area contributed by atoms with Crippen molar-refractivity contribution in [2.75, 3.05) is 11.9 Å². The largest absolute Gasteiger partial charge is 0.452 e. The van der Waals surface area contributed by atoms with Gasteiger partial charge in [-0.25, -0.2) is 9.59 Å². The number of amides is 3. The number of anilines is 1. The Bertz CT molecular complexity index is 1430. The number of ketones is 2. The van der Waals surface area contributed by atoms with Gasteiger partial charge in [0.25, 0.3) is 5.91 Å². The SMILES string of the molecule is Cc1ccc(NC(=O)NC(=O)COC(=O)c2ccc3c(c2Cl)C(=O)c2ccccc2C3=O)cc1C. The molecule has 4 rings (SSSR count). The van der Waals surface area contributed by atoms with Crippen LogP contribution in [0.4, 0.5) is 10.5 Å². The number of hydrogen-bond donors (Lipinski definition) is 2. The molecule has 0 aromatic heterocycles. The number of imide groups is 1. The fourth-order valence-corrected chi connectivity index (χ4v) is 3.98. The molecule has 0 atom stereocenters. The molecule has 2 N–H and O–H groups in total. The number of hydrogen-bond acceptors (Lipinski definition) is 6. The molecule has 3 aromatic carbocycles. The summed E-state index contributed by atoms with van der Waals surface area (Å²) in [5, 5.41) is 4.34. The van der Waals surface area contributed by atoms with E-state index in [1.54, 1.807) is 30.3 Å². The lowest BCUT2D eigenvalue weighted by atomic mass is 9.83. The second-order valence-electron chi connectivity index (χ2n) is 7.93. The van der Waals surface area contributed by atoms with Crippen LogP contribution in [0.3, 0.4) is 0 Å². The summed E-state index contributed by atoms with van der Waals surface area (Å²) < 4.78 is 4.97. The van der Waals surface area contributed by atoms with E-state index >= 15 is 0 Å². The summed E-state index contributed by atoms with van der Waals surface area (Å²) in [4.78, 5) is 62.3. The van der Waals surface area contributed by atoms with Gasteiger partial charge in [0.1, 0.15) is 0 Å². The quantitative estimate of drug-likeness (QED) is 0.413. The number of esters is 1. The van der Waals surface area contributed by atoms with E-state index in [-0.39, 0.29) is 38.6 Å². The van der Waals surface area contributed by atoms with E-state index in [4.69, 9.17) is 16.3 Å². The Morgan fingerprint density at radius 2 is 1.54 bits per heavy atom. The molecule has 176 valence electrons. The first kappa shape index (κ1) is 23.8. The van der Waals surface area contributed by atoms with Crippen LogP contribution < -0.4 is 10.6 Å². The number of benzene rings is 3. The van der Waals surface area contributed by atoms with Crippen molar-refractivity contribution in [3.63, 3.8) is 0 Å². The van der Waals surface area contributed by atoms with E-state index in [0.717, 1.165) is 11.1 Å². The highest BCUT2D eigenvalue weighted by molar-refractivity contribution is 6.41. The van der Waals surface area contributed by atoms with Crippen LogP contribution in [0, 0.1) is 13.8 Å². The van der Waals surface area contributed by atoms with Gasteiger partial charge in [-0.15, -0.1) is 0 Å². The van der Waals surface area contributed by atoms with E-state index in [2.05, 4.69) is 10.6 Å². The predicted octanol–water partition coefficient (Wildman–Crippen LogP) is 4.24. The number of fused-ring (bicyclic) bond motifs is 2. The van der Waals surface area contributed by atoms with Crippen molar-refractivity contribution < 1.29 is 28.7 Å². The Morgan fingerprint density at radius 1 is 0.857 bits per heavy atom. The third kappa shape index (κ3) is 4.69. The molecule has 8 nitrogen and oxygen atoms in total. The minimum Gasteiger partial charge on any atom is -0.452 e. The van der Waals surface area contributed by atoms with Crippen molar-refractivity contribution in [1.82, 2.24) is 5.32 Å². The van der Waals surface area contributed by atoms with E-state index in [1.807, 2.05) is 19.9 Å². The lowest BCUT2D eigenvalue weighted by molar-refractivity contribution is -0.123. The van der Waals surface area contributed by atoms with Crippen LogP contribution in [-0.2, 0) is 9.53 Å². The second-order valence-corrected chi connectivity index (χ2v) is 8.31. The third-order valence-corrected chi connectivity index (χ3v) is 5.99. The van der Waals surface area contributed by atoms with Crippen molar-refractivity contribution in [2.45, 2.75) is 13.8 Å². The number of carbonyl (C=O) groups excluding carboxylic acids is 5. The van der Waals surface area contributed by atoms with E-state index < -0.39 is 30.3 Å². The zero-order chi connectivity index (χ0) is 25.3. The molecular weight excluding hydrogens is 472 g/mol. The first-order valence-electron chi connectivity index (χ1n) is 10.5. The Labute approximate surface area is 205 Å². The Kier molecular flexibility index (Phi) is 6.48. The Balaban J connectivity index is 1.42. The van der Waals surface area contributed by atoms with Gasteiger partial charge < -0.3 is 10.1 Å². The summed E-state index contributed by atoms with van der Waals surface area (Å²) in [5.41, 5.74) is 2.76. The van der Waals surface area contributed by atoms with Crippen LogP contribution in [0.25, 0.3) is 0 Å². The van der Waals surface area contributed by atoms with Crippen LogP contribution in [-0.4, -0.2) is 36.1 Å². The summed E-state index contributed by atoms with van der Waals surface area (Å²) in [6.45, 7) is 3.05. The van der Waals surface area contributed by atoms with Gasteiger partial charge in [-0.05, 0) is 49.2 Å². The maximum atomic E-state index is 12.9. The maximum Gasteiger partial charge on any atom is 0.340 e. The van der Waals surface area contributed by atoms with Gasteiger partial charge in [0.15, 0.2) is 18.2 Å². The average molecular weight is 491 g/mol. The summed E-state index contributed by atoms with van der Waals surface area (Å²) in [7, 11) is 0. The second kappa shape index (κ2) is 9.52. The minimum atomic E-state index is -0.985. The molecule has 0 bridgehead atoms. The van der Waals surface area contributed by atoms with Crippen LogP contribution >= 0.6 is 11.6 Å². The van der Waals surface area contributed by atoms with E-state index in [9.17, 15) is 24.0 Å². The van der Waals surface area contributed by atoms with E-state index in [0.29, 0.717) is 5.69 Å². The lowest BCUT2D eigenvalue weighted by Gasteiger charge is -2.19. The van der Waals surface area contributed by atoms with Gasteiger partial charge in [-0.1, -0.05) is 41.9 Å². The van der Waals surface area contributed by atoms with Gasteiger partial charge in [0.05, 0.1) is 16.1 Å². The number of ether oxygens (including phenoxy) is 1. The van der Waals surface area contributed by atoms with Crippen LogP contribution in [0.5, 0.6) is 0 Å². The van der Waals surface area contributed by atoms with Gasteiger partial charge in [0, 0.05) is 22.4 Å². The summed E-state index contributed by atoms with van der Waals surface area (Å²) in [5.74, 6) is -2.72. The molecule has 1 aliphatic carbocycles. The third-order valence-electron chi connectivity index (χ3n) is 5.60. The molecule has 0 saturated carbocycles. The molecule has 35 heavy (non-hydrogen) atoms. The molecule has 3 amide bonds. The van der Waals surface area contributed by atoms with Crippen LogP contribution in [0.15, 0.2) is 54.6 Å². The number of aryl methyl sites for hydroxylation is 2. The zero-order valence-corrected chi connectivity index (χ0v) is 19.5. The fraction of sp³-hybridized carbons (Fsp3) is 0.115. The molecule has 0 spiro atoms. The molecule has 3 aromatic rings. The van der Waals surface area contributed by atoms with Crippen molar-refractivity contribution in [1.29, 1.82) is 0 Å². The monoisotopic (exact) mass is 490 g/mol. The lowest BCUT2D eigenvalue weighted by Crippen LogP contribution is -2.37. The normalized spacial score (nSPS) is 11.9. The molecule has 9 heteroatoms. The van der Waals surface area contributed by atoms with Crippen LogP contribution in [0.2, 0.25) is 5.02 Å².